The predicted molar refractivity (Wildman–Crippen MR) is 81.5 cm³/mol. The van der Waals surface area contributed by atoms with Crippen LogP contribution in [0.4, 0.5) is 10.7 Å². The molecule has 0 aromatic carbocycles. The maximum absolute atomic E-state index is 10.7. The second-order valence-corrected chi connectivity index (χ2v) is 5.60. The second-order valence-electron chi connectivity index (χ2n) is 4.71. The van der Waals surface area contributed by atoms with Crippen LogP contribution in [-0.4, -0.2) is 19.7 Å². The van der Waals surface area contributed by atoms with Crippen LogP contribution in [0.25, 0.3) is 11.0 Å². The lowest BCUT2D eigenvalue weighted by Gasteiger charge is -2.04. The van der Waals surface area contributed by atoms with Crippen molar-refractivity contribution in [3.8, 4) is 0 Å². The molecule has 7 nitrogen and oxygen atoms in total. The average molecular weight is 303 g/mol. The standard InChI is InChI=1S/C13H13N5O2S/c1-8-11-4-10(6-15-13(11)17(2)16-8)14-5-9-3-12(18(19)20)21-7-9/h3-4,6-7,14H,5H2,1-2H3. The van der Waals surface area contributed by atoms with E-state index in [1.165, 1.54) is 0 Å². The molecule has 3 heterocycles. The van der Waals surface area contributed by atoms with E-state index in [1.54, 1.807) is 22.3 Å². The first-order valence-corrected chi connectivity index (χ1v) is 7.17. The smallest absolute Gasteiger partial charge is 0.324 e. The molecule has 0 atom stereocenters. The van der Waals surface area contributed by atoms with E-state index in [2.05, 4.69) is 15.4 Å². The van der Waals surface area contributed by atoms with Gasteiger partial charge in [-0.2, -0.15) is 5.10 Å². The van der Waals surface area contributed by atoms with Gasteiger partial charge in [-0.15, -0.1) is 0 Å². The molecular formula is C13H13N5O2S. The Hall–Kier alpha value is -2.48. The van der Waals surface area contributed by atoms with E-state index in [0.29, 0.717) is 6.54 Å². The summed E-state index contributed by atoms with van der Waals surface area (Å²) in [4.78, 5) is 14.7. The number of thiophene rings is 1. The molecule has 0 radical (unpaired) electrons. The van der Waals surface area contributed by atoms with Gasteiger partial charge in [0.2, 0.25) is 0 Å². The minimum Gasteiger partial charge on any atom is -0.380 e. The monoisotopic (exact) mass is 303 g/mol. The molecule has 1 N–H and O–H groups in total. The zero-order chi connectivity index (χ0) is 15.0. The number of nitro groups is 1. The number of pyridine rings is 1. The molecule has 3 aromatic rings. The average Bonchev–Trinajstić information content (AvgIpc) is 3.03. The predicted octanol–water partition coefficient (Wildman–Crippen LogP) is 2.86. The Balaban J connectivity index is 1.78. The number of nitrogens with one attached hydrogen (secondary N) is 1. The summed E-state index contributed by atoms with van der Waals surface area (Å²) >= 11 is 1.13. The van der Waals surface area contributed by atoms with Gasteiger partial charge in [-0.25, -0.2) is 4.98 Å². The van der Waals surface area contributed by atoms with E-state index in [9.17, 15) is 10.1 Å². The molecule has 0 saturated carbocycles. The molecule has 8 heteroatoms. The molecule has 21 heavy (non-hydrogen) atoms. The lowest BCUT2D eigenvalue weighted by atomic mass is 10.2. The minimum absolute atomic E-state index is 0.156. The maximum atomic E-state index is 10.7. The molecular weight excluding hydrogens is 290 g/mol. The molecule has 0 aliphatic rings. The number of fused-ring (bicyclic) bond motifs is 1. The van der Waals surface area contributed by atoms with Gasteiger partial charge in [0.05, 0.1) is 22.5 Å². The Kier molecular flexibility index (Phi) is 3.30. The molecule has 3 rings (SSSR count). The van der Waals surface area contributed by atoms with Crippen LogP contribution in [0.2, 0.25) is 0 Å². The van der Waals surface area contributed by atoms with E-state index in [0.717, 1.165) is 39.3 Å². The van der Waals surface area contributed by atoms with Gasteiger partial charge in [0.1, 0.15) is 0 Å². The van der Waals surface area contributed by atoms with Gasteiger partial charge in [0, 0.05) is 30.4 Å². The van der Waals surface area contributed by atoms with E-state index in [4.69, 9.17) is 0 Å². The molecule has 0 amide bonds. The molecule has 0 fully saturated rings. The van der Waals surface area contributed by atoms with Gasteiger partial charge in [-0.1, -0.05) is 11.3 Å². The summed E-state index contributed by atoms with van der Waals surface area (Å²) in [6.45, 7) is 2.47. The summed E-state index contributed by atoms with van der Waals surface area (Å²) in [5, 5.41) is 21.1. The van der Waals surface area contributed by atoms with Gasteiger partial charge < -0.3 is 5.32 Å². The van der Waals surface area contributed by atoms with Gasteiger partial charge in [-0.3, -0.25) is 14.8 Å². The highest BCUT2D eigenvalue weighted by atomic mass is 32.1. The van der Waals surface area contributed by atoms with Crippen LogP contribution < -0.4 is 5.32 Å². The zero-order valence-electron chi connectivity index (χ0n) is 11.5. The van der Waals surface area contributed by atoms with Crippen LogP contribution in [0.3, 0.4) is 0 Å². The number of aryl methyl sites for hydroxylation is 2. The largest absolute Gasteiger partial charge is 0.380 e. The zero-order valence-corrected chi connectivity index (χ0v) is 12.3. The highest BCUT2D eigenvalue weighted by Crippen LogP contribution is 2.24. The fraction of sp³-hybridized carbons (Fsp3) is 0.231. The van der Waals surface area contributed by atoms with E-state index in [1.807, 2.05) is 20.0 Å². The van der Waals surface area contributed by atoms with Gasteiger partial charge >= 0.3 is 5.00 Å². The minimum atomic E-state index is -0.374. The van der Waals surface area contributed by atoms with Crippen LogP contribution in [0.5, 0.6) is 0 Å². The summed E-state index contributed by atoms with van der Waals surface area (Å²) in [7, 11) is 1.86. The number of aromatic nitrogens is 3. The number of nitrogens with zero attached hydrogens (tertiary/aromatic N) is 4. The van der Waals surface area contributed by atoms with Crippen molar-refractivity contribution in [3.63, 3.8) is 0 Å². The van der Waals surface area contributed by atoms with E-state index >= 15 is 0 Å². The summed E-state index contributed by atoms with van der Waals surface area (Å²) < 4.78 is 1.75. The molecule has 0 spiro atoms. The normalized spacial score (nSPS) is 11.0. The molecule has 0 aliphatic carbocycles. The lowest BCUT2D eigenvalue weighted by Crippen LogP contribution is -1.99. The number of hydrogen-bond acceptors (Lipinski definition) is 6. The van der Waals surface area contributed by atoms with E-state index in [-0.39, 0.29) is 9.92 Å². The first-order chi connectivity index (χ1) is 10.0. The lowest BCUT2D eigenvalue weighted by molar-refractivity contribution is -0.380. The Morgan fingerprint density at radius 1 is 1.48 bits per heavy atom. The van der Waals surface area contributed by atoms with Crippen molar-refractivity contribution in [2.24, 2.45) is 7.05 Å². The van der Waals surface area contributed by atoms with Crippen LogP contribution in [0, 0.1) is 17.0 Å². The fourth-order valence-corrected chi connectivity index (χ4v) is 2.89. The van der Waals surface area contributed by atoms with Gasteiger partial charge in [0.25, 0.3) is 0 Å². The van der Waals surface area contributed by atoms with E-state index < -0.39 is 0 Å². The number of hydrogen-bond donors (Lipinski definition) is 1. The molecule has 108 valence electrons. The third kappa shape index (κ3) is 2.57. The Labute approximate surface area is 124 Å². The van der Waals surface area contributed by atoms with Crippen molar-refractivity contribution in [1.82, 2.24) is 14.8 Å². The third-order valence-corrected chi connectivity index (χ3v) is 4.11. The first-order valence-electron chi connectivity index (χ1n) is 6.29. The second kappa shape index (κ2) is 5.13. The molecule has 0 unspecified atom stereocenters. The summed E-state index contributed by atoms with van der Waals surface area (Å²) in [6, 6.07) is 3.57. The topological polar surface area (TPSA) is 85.9 Å². The summed E-state index contributed by atoms with van der Waals surface area (Å²) in [5.41, 5.74) is 3.52. The summed E-state index contributed by atoms with van der Waals surface area (Å²) in [5.74, 6) is 0. The van der Waals surface area contributed by atoms with Crippen molar-refractivity contribution in [1.29, 1.82) is 0 Å². The highest BCUT2D eigenvalue weighted by molar-refractivity contribution is 7.13. The molecule has 0 aliphatic heterocycles. The highest BCUT2D eigenvalue weighted by Gasteiger charge is 2.10. The quantitative estimate of drug-likeness (QED) is 0.591. The van der Waals surface area contributed by atoms with Crippen molar-refractivity contribution in [2.45, 2.75) is 13.5 Å². The van der Waals surface area contributed by atoms with Crippen LogP contribution in [0.1, 0.15) is 11.3 Å². The van der Waals surface area contributed by atoms with Gasteiger partial charge in [0.15, 0.2) is 5.65 Å². The van der Waals surface area contributed by atoms with Crippen LogP contribution in [-0.2, 0) is 13.6 Å². The van der Waals surface area contributed by atoms with Gasteiger partial charge in [-0.05, 0) is 18.6 Å². The van der Waals surface area contributed by atoms with Crippen molar-refractivity contribution < 1.29 is 4.92 Å². The number of rotatable bonds is 4. The SMILES string of the molecule is Cc1nn(C)c2ncc(NCc3csc([N+](=O)[O-])c3)cc12. The Morgan fingerprint density at radius 3 is 3.00 bits per heavy atom. The van der Waals surface area contributed by atoms with Crippen molar-refractivity contribution >= 4 is 33.1 Å². The Morgan fingerprint density at radius 2 is 2.29 bits per heavy atom. The Bertz CT molecular complexity index is 823. The van der Waals surface area contributed by atoms with Crippen LogP contribution in [0.15, 0.2) is 23.7 Å². The first kappa shape index (κ1) is 13.5. The molecule has 0 saturated heterocycles. The third-order valence-electron chi connectivity index (χ3n) is 3.18. The maximum Gasteiger partial charge on any atom is 0.324 e. The molecule has 3 aromatic heterocycles. The van der Waals surface area contributed by atoms with Crippen molar-refractivity contribution in [3.05, 3.63) is 45.1 Å². The molecule has 0 bridgehead atoms. The fourth-order valence-electron chi connectivity index (χ4n) is 2.16. The summed E-state index contributed by atoms with van der Waals surface area (Å²) in [6.07, 6.45) is 1.74. The van der Waals surface area contributed by atoms with Crippen LogP contribution >= 0.6 is 11.3 Å². The van der Waals surface area contributed by atoms with Crippen molar-refractivity contribution in [2.75, 3.05) is 5.32 Å². The number of anilines is 1.